The van der Waals surface area contributed by atoms with E-state index in [4.69, 9.17) is 16.3 Å². The van der Waals surface area contributed by atoms with Crippen LogP contribution in [0.4, 0.5) is 0 Å². The van der Waals surface area contributed by atoms with Gasteiger partial charge in [0.2, 0.25) is 0 Å². The first-order chi connectivity index (χ1) is 5.86. The molecule has 0 amide bonds. The number of nitrogens with zero attached hydrogens (tertiary/aromatic N) is 1. The maximum Gasteiger partial charge on any atom is 0.115 e. The SMILES string of the molecule is Clc1cccnc1SC1COC1. The van der Waals surface area contributed by atoms with Crippen LogP contribution in [0.5, 0.6) is 0 Å². The number of aromatic nitrogens is 1. The van der Waals surface area contributed by atoms with Crippen molar-refractivity contribution < 1.29 is 4.74 Å². The van der Waals surface area contributed by atoms with Crippen molar-refractivity contribution in [3.8, 4) is 0 Å². The fourth-order valence-electron chi connectivity index (χ4n) is 0.898. The van der Waals surface area contributed by atoms with Crippen molar-refractivity contribution in [2.24, 2.45) is 0 Å². The van der Waals surface area contributed by atoms with Crippen LogP contribution in [0, 0.1) is 0 Å². The molecule has 2 rings (SSSR count). The number of pyridine rings is 1. The predicted molar refractivity (Wildman–Crippen MR) is 49.7 cm³/mol. The molecule has 1 fully saturated rings. The summed E-state index contributed by atoms with van der Waals surface area (Å²) >= 11 is 7.61. The van der Waals surface area contributed by atoms with Gasteiger partial charge in [-0.05, 0) is 12.1 Å². The molecule has 1 aliphatic rings. The lowest BCUT2D eigenvalue weighted by Gasteiger charge is -2.24. The van der Waals surface area contributed by atoms with E-state index in [0.717, 1.165) is 23.3 Å². The highest BCUT2D eigenvalue weighted by molar-refractivity contribution is 8.00. The van der Waals surface area contributed by atoms with Crippen LogP contribution in [0.1, 0.15) is 0 Å². The zero-order valence-corrected chi connectivity index (χ0v) is 7.94. The van der Waals surface area contributed by atoms with Crippen molar-refractivity contribution in [3.05, 3.63) is 23.4 Å². The number of thioether (sulfide) groups is 1. The second kappa shape index (κ2) is 3.64. The maximum absolute atomic E-state index is 5.93. The summed E-state index contributed by atoms with van der Waals surface area (Å²) in [7, 11) is 0. The summed E-state index contributed by atoms with van der Waals surface area (Å²) in [6.45, 7) is 1.63. The van der Waals surface area contributed by atoms with Crippen molar-refractivity contribution in [2.75, 3.05) is 13.2 Å². The van der Waals surface area contributed by atoms with Crippen molar-refractivity contribution in [1.29, 1.82) is 0 Å². The molecule has 2 heterocycles. The molecule has 4 heteroatoms. The molecule has 0 radical (unpaired) electrons. The molecule has 12 heavy (non-hydrogen) atoms. The Morgan fingerprint density at radius 2 is 2.42 bits per heavy atom. The van der Waals surface area contributed by atoms with Gasteiger partial charge in [0, 0.05) is 6.20 Å². The summed E-state index contributed by atoms with van der Waals surface area (Å²) in [5.41, 5.74) is 0. The largest absolute Gasteiger partial charge is 0.379 e. The average molecular weight is 202 g/mol. The molecular weight excluding hydrogens is 194 g/mol. The molecule has 0 aromatic carbocycles. The Bertz CT molecular complexity index is 278. The van der Waals surface area contributed by atoms with E-state index in [1.165, 1.54) is 0 Å². The Morgan fingerprint density at radius 3 is 3.00 bits per heavy atom. The van der Waals surface area contributed by atoms with Crippen LogP contribution in [0.25, 0.3) is 0 Å². The highest BCUT2D eigenvalue weighted by Crippen LogP contribution is 2.30. The van der Waals surface area contributed by atoms with Crippen LogP contribution in [0.3, 0.4) is 0 Å². The number of halogens is 1. The molecule has 0 spiro atoms. The van der Waals surface area contributed by atoms with Gasteiger partial charge in [-0.2, -0.15) is 0 Å². The van der Waals surface area contributed by atoms with Crippen LogP contribution in [0.2, 0.25) is 5.02 Å². The van der Waals surface area contributed by atoms with E-state index in [2.05, 4.69) is 4.98 Å². The van der Waals surface area contributed by atoms with E-state index in [1.54, 1.807) is 18.0 Å². The topological polar surface area (TPSA) is 22.1 Å². The minimum Gasteiger partial charge on any atom is -0.379 e. The van der Waals surface area contributed by atoms with E-state index < -0.39 is 0 Å². The molecule has 0 N–H and O–H groups in total. The quantitative estimate of drug-likeness (QED) is 0.733. The fraction of sp³-hybridized carbons (Fsp3) is 0.375. The Hall–Kier alpha value is -0.250. The number of rotatable bonds is 2. The molecule has 0 aliphatic carbocycles. The number of hydrogen-bond donors (Lipinski definition) is 0. The van der Waals surface area contributed by atoms with Crippen LogP contribution in [-0.2, 0) is 4.74 Å². The van der Waals surface area contributed by atoms with Gasteiger partial charge in [0.25, 0.3) is 0 Å². The third-order valence-electron chi connectivity index (χ3n) is 1.61. The first-order valence-electron chi connectivity index (χ1n) is 3.71. The number of hydrogen-bond acceptors (Lipinski definition) is 3. The lowest BCUT2D eigenvalue weighted by molar-refractivity contribution is 0.0455. The van der Waals surface area contributed by atoms with Crippen molar-refractivity contribution in [1.82, 2.24) is 4.98 Å². The molecule has 0 atom stereocenters. The second-order valence-corrected chi connectivity index (χ2v) is 4.26. The van der Waals surface area contributed by atoms with Gasteiger partial charge in [0.1, 0.15) is 5.03 Å². The van der Waals surface area contributed by atoms with Gasteiger partial charge < -0.3 is 4.74 Å². The molecule has 1 aromatic rings. The van der Waals surface area contributed by atoms with Crippen molar-refractivity contribution >= 4 is 23.4 Å². The smallest absolute Gasteiger partial charge is 0.115 e. The van der Waals surface area contributed by atoms with Gasteiger partial charge in [-0.3, -0.25) is 0 Å². The lowest BCUT2D eigenvalue weighted by Crippen LogP contribution is -2.30. The van der Waals surface area contributed by atoms with Gasteiger partial charge in [-0.15, -0.1) is 0 Å². The molecule has 1 aliphatic heterocycles. The highest BCUT2D eigenvalue weighted by atomic mass is 35.5. The predicted octanol–water partition coefficient (Wildman–Crippen LogP) is 2.23. The monoisotopic (exact) mass is 201 g/mol. The van der Waals surface area contributed by atoms with E-state index in [1.807, 2.05) is 12.1 Å². The first kappa shape index (κ1) is 8.35. The molecule has 2 nitrogen and oxygen atoms in total. The molecule has 64 valence electrons. The molecule has 1 saturated heterocycles. The van der Waals surface area contributed by atoms with Crippen molar-refractivity contribution in [3.63, 3.8) is 0 Å². The van der Waals surface area contributed by atoms with Crippen LogP contribution in [0.15, 0.2) is 23.4 Å². The van der Waals surface area contributed by atoms with Crippen LogP contribution in [-0.4, -0.2) is 23.4 Å². The van der Waals surface area contributed by atoms with Gasteiger partial charge in [-0.1, -0.05) is 23.4 Å². The van der Waals surface area contributed by atoms with E-state index in [-0.39, 0.29) is 0 Å². The zero-order chi connectivity index (χ0) is 8.39. The number of ether oxygens (including phenoxy) is 1. The molecule has 0 saturated carbocycles. The highest BCUT2D eigenvalue weighted by Gasteiger charge is 2.20. The lowest BCUT2D eigenvalue weighted by atomic mass is 10.4. The first-order valence-corrected chi connectivity index (χ1v) is 4.97. The summed E-state index contributed by atoms with van der Waals surface area (Å²) in [6.07, 6.45) is 1.76. The minimum atomic E-state index is 0.539. The zero-order valence-electron chi connectivity index (χ0n) is 6.37. The van der Waals surface area contributed by atoms with Crippen molar-refractivity contribution in [2.45, 2.75) is 10.3 Å². The Balaban J connectivity index is 2.06. The van der Waals surface area contributed by atoms with Gasteiger partial charge in [0.15, 0.2) is 0 Å². The fourth-order valence-corrected chi connectivity index (χ4v) is 2.10. The Kier molecular flexibility index (Phi) is 2.54. The van der Waals surface area contributed by atoms with Crippen LogP contribution < -0.4 is 0 Å². The molecule has 0 unspecified atom stereocenters. The van der Waals surface area contributed by atoms with Gasteiger partial charge in [-0.25, -0.2) is 4.98 Å². The Morgan fingerprint density at radius 1 is 1.58 bits per heavy atom. The third-order valence-corrected chi connectivity index (χ3v) is 3.18. The summed E-state index contributed by atoms with van der Waals surface area (Å²) in [5.74, 6) is 0. The molecular formula is C8H8ClNOS. The van der Waals surface area contributed by atoms with E-state index >= 15 is 0 Å². The van der Waals surface area contributed by atoms with E-state index in [9.17, 15) is 0 Å². The normalized spacial score (nSPS) is 17.4. The average Bonchev–Trinajstić information content (AvgIpc) is 2.00. The standard InChI is InChI=1S/C8H8ClNOS/c9-7-2-1-3-10-8(7)12-6-4-11-5-6/h1-3,6H,4-5H2. The molecule has 1 aromatic heterocycles. The summed E-state index contributed by atoms with van der Waals surface area (Å²) in [6, 6.07) is 3.69. The Labute approximate surface area is 80.3 Å². The third kappa shape index (κ3) is 1.73. The van der Waals surface area contributed by atoms with E-state index in [0.29, 0.717) is 5.25 Å². The summed E-state index contributed by atoms with van der Waals surface area (Å²) in [4.78, 5) is 4.18. The summed E-state index contributed by atoms with van der Waals surface area (Å²) < 4.78 is 5.06. The van der Waals surface area contributed by atoms with Gasteiger partial charge >= 0.3 is 0 Å². The second-order valence-electron chi connectivity index (χ2n) is 2.57. The summed E-state index contributed by atoms with van der Waals surface area (Å²) in [5, 5.41) is 2.18. The maximum atomic E-state index is 5.93. The molecule has 0 bridgehead atoms. The minimum absolute atomic E-state index is 0.539. The van der Waals surface area contributed by atoms with Crippen LogP contribution >= 0.6 is 23.4 Å². The van der Waals surface area contributed by atoms with Gasteiger partial charge in [0.05, 0.1) is 23.5 Å².